The van der Waals surface area contributed by atoms with Gasteiger partial charge in [0, 0.05) is 49.0 Å². The van der Waals surface area contributed by atoms with E-state index in [-0.39, 0.29) is 12.1 Å². The van der Waals surface area contributed by atoms with Crippen molar-refractivity contribution in [2.75, 3.05) is 51.2 Å². The van der Waals surface area contributed by atoms with Gasteiger partial charge in [0.05, 0.1) is 6.54 Å². The highest BCUT2D eigenvalue weighted by Crippen LogP contribution is 2.32. The number of carbonyl (C=O) groups is 1. The summed E-state index contributed by atoms with van der Waals surface area (Å²) in [6.07, 6.45) is -0.117. The summed E-state index contributed by atoms with van der Waals surface area (Å²) in [7, 11) is 2.15. The normalized spacial score (nSPS) is 23.1. The van der Waals surface area contributed by atoms with Gasteiger partial charge >= 0.3 is 0 Å². The standard InChI is InChI=1S/C18H27ClN4O/c1-13(2)11-23-12-17(24)20-18(23)15-5-4-14(10-16(15)19)22-8-6-21(3)7-9-22/h4-5,10,13,18H,6-9,11-12H2,1-3H3,(H,20,24). The first kappa shape index (κ1) is 17.5. The number of hydrogen-bond acceptors (Lipinski definition) is 4. The van der Waals surface area contributed by atoms with E-state index in [4.69, 9.17) is 11.6 Å². The summed E-state index contributed by atoms with van der Waals surface area (Å²) in [4.78, 5) is 18.7. The van der Waals surface area contributed by atoms with E-state index in [1.54, 1.807) is 0 Å². The Morgan fingerprint density at radius 2 is 1.96 bits per heavy atom. The molecular weight excluding hydrogens is 324 g/mol. The van der Waals surface area contributed by atoms with Crippen molar-refractivity contribution in [3.05, 3.63) is 28.8 Å². The van der Waals surface area contributed by atoms with E-state index >= 15 is 0 Å². The summed E-state index contributed by atoms with van der Waals surface area (Å²) in [6.45, 7) is 9.83. The number of hydrogen-bond donors (Lipinski definition) is 1. The van der Waals surface area contributed by atoms with Crippen LogP contribution in [0.2, 0.25) is 5.02 Å². The summed E-state index contributed by atoms with van der Waals surface area (Å²) in [5.41, 5.74) is 2.15. The Morgan fingerprint density at radius 1 is 1.25 bits per heavy atom. The highest BCUT2D eigenvalue weighted by Gasteiger charge is 2.32. The molecule has 2 fully saturated rings. The zero-order valence-electron chi connectivity index (χ0n) is 14.8. The lowest BCUT2D eigenvalue weighted by molar-refractivity contribution is -0.118. The summed E-state index contributed by atoms with van der Waals surface area (Å²) < 4.78 is 0. The van der Waals surface area contributed by atoms with E-state index < -0.39 is 0 Å². The zero-order chi connectivity index (χ0) is 17.3. The molecule has 5 nitrogen and oxygen atoms in total. The van der Waals surface area contributed by atoms with Crippen LogP contribution in [0.4, 0.5) is 5.69 Å². The first-order chi connectivity index (χ1) is 11.4. The maximum Gasteiger partial charge on any atom is 0.235 e. The zero-order valence-corrected chi connectivity index (χ0v) is 15.5. The Morgan fingerprint density at radius 3 is 2.58 bits per heavy atom. The SMILES string of the molecule is CC(C)CN1CC(=O)NC1c1ccc(N2CCN(C)CC2)cc1Cl. The Labute approximate surface area is 149 Å². The smallest absolute Gasteiger partial charge is 0.235 e. The summed E-state index contributed by atoms with van der Waals surface area (Å²) in [5.74, 6) is 0.573. The Hall–Kier alpha value is -1.30. The van der Waals surface area contributed by atoms with Gasteiger partial charge in [0.15, 0.2) is 0 Å². The van der Waals surface area contributed by atoms with Crippen LogP contribution in [-0.4, -0.2) is 62.0 Å². The molecule has 0 aromatic heterocycles. The van der Waals surface area contributed by atoms with Gasteiger partial charge in [-0.05, 0) is 25.1 Å². The van der Waals surface area contributed by atoms with Gasteiger partial charge in [-0.1, -0.05) is 31.5 Å². The largest absolute Gasteiger partial charge is 0.369 e. The minimum absolute atomic E-state index is 0.0693. The van der Waals surface area contributed by atoms with E-state index in [1.165, 1.54) is 0 Å². The molecule has 0 radical (unpaired) electrons. The molecule has 0 aliphatic carbocycles. The van der Waals surface area contributed by atoms with Crippen LogP contribution in [0, 0.1) is 5.92 Å². The van der Waals surface area contributed by atoms with Gasteiger partial charge in [0.2, 0.25) is 5.91 Å². The highest BCUT2D eigenvalue weighted by molar-refractivity contribution is 6.31. The van der Waals surface area contributed by atoms with Crippen molar-refractivity contribution in [1.29, 1.82) is 0 Å². The molecule has 24 heavy (non-hydrogen) atoms. The van der Waals surface area contributed by atoms with Gasteiger partial charge in [-0.25, -0.2) is 0 Å². The second-order valence-corrected chi connectivity index (χ2v) is 7.70. The number of nitrogens with zero attached hydrogens (tertiary/aromatic N) is 3. The number of nitrogens with one attached hydrogen (secondary N) is 1. The van der Waals surface area contributed by atoms with Crippen molar-refractivity contribution in [2.45, 2.75) is 20.0 Å². The maximum absolute atomic E-state index is 11.9. The molecular formula is C18H27ClN4O. The molecule has 2 aliphatic heterocycles. The topological polar surface area (TPSA) is 38.8 Å². The number of likely N-dealkylation sites (N-methyl/N-ethyl adjacent to an activating group) is 1. The third-order valence-corrected chi connectivity index (χ3v) is 5.08. The lowest BCUT2D eigenvalue weighted by Crippen LogP contribution is -2.44. The maximum atomic E-state index is 11.9. The average Bonchev–Trinajstić information content (AvgIpc) is 2.87. The molecule has 1 unspecified atom stereocenters. The van der Waals surface area contributed by atoms with Crippen molar-refractivity contribution in [3.63, 3.8) is 0 Å². The monoisotopic (exact) mass is 350 g/mol. The van der Waals surface area contributed by atoms with Crippen LogP contribution in [0.25, 0.3) is 0 Å². The number of amides is 1. The van der Waals surface area contributed by atoms with Crippen LogP contribution in [-0.2, 0) is 4.79 Å². The molecule has 0 bridgehead atoms. The Kier molecular flexibility index (Phi) is 5.33. The summed E-state index contributed by atoms with van der Waals surface area (Å²) in [5, 5.41) is 3.78. The van der Waals surface area contributed by atoms with Crippen LogP contribution in [0.5, 0.6) is 0 Å². The third-order valence-electron chi connectivity index (χ3n) is 4.76. The van der Waals surface area contributed by atoms with Gasteiger partial charge in [0.25, 0.3) is 0 Å². The molecule has 1 atom stereocenters. The molecule has 2 heterocycles. The predicted octanol–water partition coefficient (Wildman–Crippen LogP) is 2.18. The van der Waals surface area contributed by atoms with E-state index in [0.717, 1.165) is 49.0 Å². The molecule has 2 saturated heterocycles. The molecule has 2 aliphatic rings. The second kappa shape index (κ2) is 7.30. The van der Waals surface area contributed by atoms with E-state index in [9.17, 15) is 4.79 Å². The quantitative estimate of drug-likeness (QED) is 0.903. The predicted molar refractivity (Wildman–Crippen MR) is 98.5 cm³/mol. The highest BCUT2D eigenvalue weighted by atomic mass is 35.5. The fraction of sp³-hybridized carbons (Fsp3) is 0.611. The van der Waals surface area contributed by atoms with E-state index in [0.29, 0.717) is 12.5 Å². The van der Waals surface area contributed by atoms with Crippen LogP contribution in [0.1, 0.15) is 25.6 Å². The average molecular weight is 351 g/mol. The van der Waals surface area contributed by atoms with Crippen LogP contribution in [0.15, 0.2) is 18.2 Å². The van der Waals surface area contributed by atoms with E-state index in [2.05, 4.69) is 53.0 Å². The minimum atomic E-state index is -0.117. The number of rotatable bonds is 4. The Bertz CT molecular complexity index is 599. The van der Waals surface area contributed by atoms with Gasteiger partial charge in [0.1, 0.15) is 6.17 Å². The molecule has 0 spiro atoms. The van der Waals surface area contributed by atoms with Crippen molar-refractivity contribution in [2.24, 2.45) is 5.92 Å². The van der Waals surface area contributed by atoms with Gasteiger partial charge in [-0.3, -0.25) is 9.69 Å². The number of benzene rings is 1. The van der Waals surface area contributed by atoms with Crippen molar-refractivity contribution < 1.29 is 4.79 Å². The first-order valence-electron chi connectivity index (χ1n) is 8.70. The number of piperazine rings is 1. The molecule has 1 N–H and O–H groups in total. The van der Waals surface area contributed by atoms with Crippen LogP contribution < -0.4 is 10.2 Å². The first-order valence-corrected chi connectivity index (χ1v) is 9.08. The molecule has 1 amide bonds. The van der Waals surface area contributed by atoms with Gasteiger partial charge in [-0.15, -0.1) is 0 Å². The van der Waals surface area contributed by atoms with Gasteiger partial charge in [-0.2, -0.15) is 0 Å². The third kappa shape index (κ3) is 3.85. The number of anilines is 1. The summed E-state index contributed by atoms with van der Waals surface area (Å²) in [6, 6.07) is 6.24. The van der Waals surface area contributed by atoms with Crippen LogP contribution in [0.3, 0.4) is 0 Å². The fourth-order valence-corrected chi connectivity index (χ4v) is 3.76. The second-order valence-electron chi connectivity index (χ2n) is 7.29. The molecule has 3 rings (SSSR count). The van der Waals surface area contributed by atoms with Crippen molar-refractivity contribution >= 4 is 23.2 Å². The van der Waals surface area contributed by atoms with Crippen molar-refractivity contribution in [1.82, 2.24) is 15.1 Å². The molecule has 0 saturated carbocycles. The molecule has 1 aromatic rings. The lowest BCUT2D eigenvalue weighted by Gasteiger charge is -2.34. The molecule has 6 heteroatoms. The van der Waals surface area contributed by atoms with E-state index in [1.807, 2.05) is 6.07 Å². The van der Waals surface area contributed by atoms with Crippen molar-refractivity contribution in [3.8, 4) is 0 Å². The number of carbonyl (C=O) groups excluding carboxylic acids is 1. The van der Waals surface area contributed by atoms with Crippen LogP contribution >= 0.6 is 11.6 Å². The van der Waals surface area contributed by atoms with Gasteiger partial charge < -0.3 is 15.1 Å². The summed E-state index contributed by atoms with van der Waals surface area (Å²) >= 11 is 6.59. The fourth-order valence-electron chi connectivity index (χ4n) is 3.48. The lowest BCUT2D eigenvalue weighted by atomic mass is 10.1. The minimum Gasteiger partial charge on any atom is -0.369 e. The Balaban J connectivity index is 1.78. The number of halogens is 1. The molecule has 132 valence electrons. The molecule has 1 aromatic carbocycles.